The average Bonchev–Trinajstić information content (AvgIpc) is 3.26. The van der Waals surface area contributed by atoms with Crippen LogP contribution in [0.1, 0.15) is 92.9 Å². The van der Waals surface area contributed by atoms with E-state index in [0.29, 0.717) is 18.8 Å². The highest BCUT2D eigenvalue weighted by Crippen LogP contribution is 2.39. The molecule has 2 saturated heterocycles. The number of aliphatic hydroxyl groups excluding tert-OH is 5. The van der Waals surface area contributed by atoms with Crippen LogP contribution >= 0.6 is 0 Å². The minimum Gasteiger partial charge on any atom is -0.455 e. The highest BCUT2D eigenvalue weighted by molar-refractivity contribution is 5.72. The summed E-state index contributed by atoms with van der Waals surface area (Å²) in [4.78, 5) is 38.3. The Balaban J connectivity index is 2.30. The number of rotatable bonds is 19. The lowest BCUT2D eigenvalue weighted by Crippen LogP contribution is -2.64. The van der Waals surface area contributed by atoms with Crippen molar-refractivity contribution in [3.05, 3.63) is 0 Å². The topological polar surface area (TPSA) is 208 Å². The van der Waals surface area contributed by atoms with Gasteiger partial charge in [-0.05, 0) is 24.7 Å². The number of unbranched alkanes of at least 4 members (excludes halogenated alkanes) is 3. The Hall–Kier alpha value is -1.91. The smallest absolute Gasteiger partial charge is 0.309 e. The van der Waals surface area contributed by atoms with Crippen molar-refractivity contribution in [3.8, 4) is 0 Å². The summed E-state index contributed by atoms with van der Waals surface area (Å²) in [5.41, 5.74) is 0. The predicted molar refractivity (Wildman–Crippen MR) is 162 cm³/mol. The molecule has 14 nitrogen and oxygen atoms in total. The molecule has 2 rings (SSSR count). The maximum Gasteiger partial charge on any atom is 0.309 e. The molecule has 0 saturated carbocycles. The van der Waals surface area contributed by atoms with E-state index in [2.05, 4.69) is 13.8 Å². The minimum atomic E-state index is -2.34. The first-order valence-electron chi connectivity index (χ1n) is 16.5. The van der Waals surface area contributed by atoms with Gasteiger partial charge in [-0.2, -0.15) is 0 Å². The Morgan fingerprint density at radius 2 is 1.43 bits per heavy atom. The van der Waals surface area contributed by atoms with Crippen molar-refractivity contribution in [2.45, 2.75) is 148 Å². The molecular formula is C32H56O14. The molecule has 10 unspecified atom stereocenters. The van der Waals surface area contributed by atoms with Gasteiger partial charge >= 0.3 is 17.9 Å². The zero-order chi connectivity index (χ0) is 34.6. The molecule has 0 bridgehead atoms. The summed E-state index contributed by atoms with van der Waals surface area (Å²) in [5.74, 6) is -4.50. The van der Waals surface area contributed by atoms with Gasteiger partial charge in [0.1, 0.15) is 31.0 Å². The quantitative estimate of drug-likeness (QED) is 0.0751. The fraction of sp³-hybridized carbons (Fsp3) is 0.906. The molecule has 2 aliphatic heterocycles. The van der Waals surface area contributed by atoms with E-state index in [1.807, 2.05) is 0 Å². The van der Waals surface area contributed by atoms with E-state index in [9.17, 15) is 39.9 Å². The molecule has 5 N–H and O–H groups in total. The van der Waals surface area contributed by atoms with E-state index in [-0.39, 0.29) is 18.8 Å². The normalized spacial score (nSPS) is 32.0. The molecule has 2 fully saturated rings. The van der Waals surface area contributed by atoms with E-state index in [1.165, 1.54) is 0 Å². The first-order chi connectivity index (χ1) is 21.7. The van der Waals surface area contributed by atoms with Crippen LogP contribution < -0.4 is 0 Å². The highest BCUT2D eigenvalue weighted by Gasteiger charge is 2.61. The molecule has 0 radical (unpaired) electrons. The zero-order valence-electron chi connectivity index (χ0n) is 28.0. The summed E-state index contributed by atoms with van der Waals surface area (Å²) in [7, 11) is 0. The van der Waals surface area contributed by atoms with E-state index >= 15 is 0 Å². The zero-order valence-corrected chi connectivity index (χ0v) is 28.0. The molecule has 0 aliphatic carbocycles. The first-order valence-corrected chi connectivity index (χ1v) is 16.5. The molecule has 0 spiro atoms. The minimum absolute atomic E-state index is 0.00357. The summed E-state index contributed by atoms with van der Waals surface area (Å²) >= 11 is 0. The maximum absolute atomic E-state index is 12.8. The number of hydrogen-bond acceptors (Lipinski definition) is 14. The van der Waals surface area contributed by atoms with E-state index < -0.39 is 98.5 Å². The number of carbonyl (C=O) groups is 3. The summed E-state index contributed by atoms with van der Waals surface area (Å²) in [6.45, 7) is 8.74. The average molecular weight is 665 g/mol. The van der Waals surface area contributed by atoms with Gasteiger partial charge < -0.3 is 54.0 Å². The van der Waals surface area contributed by atoms with Crippen LogP contribution in [0.3, 0.4) is 0 Å². The summed E-state index contributed by atoms with van der Waals surface area (Å²) in [6, 6.07) is 0. The molecule has 2 heterocycles. The third-order valence-electron chi connectivity index (χ3n) is 8.27. The number of esters is 3. The van der Waals surface area contributed by atoms with Crippen LogP contribution in [0, 0.1) is 17.8 Å². The standard InChI is InChI=1S/C32H56O14/c1-7-20(6)30(40)44-28-26(39)31(41-22(16-34)27(28)42-24(37)14-19(4)5)46-32(17-35)29(25(38)21(15-33)45-32)43-23(36)13-11-9-8-10-12-18(2)3/h18-22,25-29,31,33-35,38-39H,7-17H2,1-6H3. The first kappa shape index (κ1) is 40.3. The van der Waals surface area contributed by atoms with Crippen molar-refractivity contribution < 1.29 is 68.3 Å². The van der Waals surface area contributed by atoms with Gasteiger partial charge in [0, 0.05) is 12.8 Å². The van der Waals surface area contributed by atoms with E-state index in [1.54, 1.807) is 27.7 Å². The predicted octanol–water partition coefficient (Wildman–Crippen LogP) is 1.35. The Kier molecular flexibility index (Phi) is 16.8. The molecule has 268 valence electrons. The summed E-state index contributed by atoms with van der Waals surface area (Å²) in [5, 5.41) is 52.8. The van der Waals surface area contributed by atoms with E-state index in [0.717, 1.165) is 25.7 Å². The van der Waals surface area contributed by atoms with Crippen molar-refractivity contribution in [3.63, 3.8) is 0 Å². The Labute approximate surface area is 271 Å². The Bertz CT molecular complexity index is 944. The molecule has 0 aromatic heterocycles. The lowest BCUT2D eigenvalue weighted by molar-refractivity contribution is -0.384. The maximum atomic E-state index is 12.8. The van der Waals surface area contributed by atoms with Crippen LogP contribution in [0.25, 0.3) is 0 Å². The Morgan fingerprint density at radius 1 is 0.783 bits per heavy atom. The number of hydrogen-bond donors (Lipinski definition) is 5. The third kappa shape index (κ3) is 11.1. The van der Waals surface area contributed by atoms with Gasteiger partial charge in [0.15, 0.2) is 24.6 Å². The lowest BCUT2D eigenvalue weighted by atomic mass is 9.97. The van der Waals surface area contributed by atoms with Crippen molar-refractivity contribution in [1.29, 1.82) is 0 Å². The molecule has 0 amide bonds. The number of ether oxygens (including phenoxy) is 6. The number of aliphatic hydroxyl groups is 5. The van der Waals surface area contributed by atoms with Gasteiger partial charge in [-0.25, -0.2) is 0 Å². The van der Waals surface area contributed by atoms with Crippen LogP contribution in [-0.2, 0) is 42.8 Å². The molecule has 14 heteroatoms. The molecule has 10 atom stereocenters. The van der Waals surface area contributed by atoms with Crippen molar-refractivity contribution >= 4 is 17.9 Å². The molecule has 0 aromatic rings. The van der Waals surface area contributed by atoms with Gasteiger partial charge in [0.25, 0.3) is 0 Å². The van der Waals surface area contributed by atoms with Gasteiger partial charge in [-0.3, -0.25) is 14.4 Å². The van der Waals surface area contributed by atoms with Crippen LogP contribution in [-0.4, -0.2) is 118 Å². The fourth-order valence-corrected chi connectivity index (χ4v) is 5.35. The third-order valence-corrected chi connectivity index (χ3v) is 8.27. The van der Waals surface area contributed by atoms with Gasteiger partial charge in [-0.15, -0.1) is 0 Å². The van der Waals surface area contributed by atoms with Crippen molar-refractivity contribution in [1.82, 2.24) is 0 Å². The molecule has 46 heavy (non-hydrogen) atoms. The van der Waals surface area contributed by atoms with Crippen molar-refractivity contribution in [2.75, 3.05) is 19.8 Å². The molecule has 2 aliphatic rings. The Morgan fingerprint density at radius 3 is 2.00 bits per heavy atom. The highest BCUT2D eigenvalue weighted by atomic mass is 16.8. The van der Waals surface area contributed by atoms with Crippen LogP contribution in [0.5, 0.6) is 0 Å². The van der Waals surface area contributed by atoms with Gasteiger partial charge in [-0.1, -0.05) is 67.2 Å². The SMILES string of the molecule is CCC(C)C(=O)OC1C(O)C(OC2(CO)OC(CO)C(O)C2OC(=O)CCCCCCC(C)C)OC(CO)C1OC(=O)CC(C)C. The second kappa shape index (κ2) is 19.2. The van der Waals surface area contributed by atoms with Crippen molar-refractivity contribution in [2.24, 2.45) is 17.8 Å². The van der Waals surface area contributed by atoms with Gasteiger partial charge in [0.05, 0.1) is 19.1 Å². The second-order valence-electron chi connectivity index (χ2n) is 13.2. The number of carbonyl (C=O) groups excluding carboxylic acids is 3. The lowest BCUT2D eigenvalue weighted by Gasteiger charge is -2.45. The van der Waals surface area contributed by atoms with Gasteiger partial charge in [0.2, 0.25) is 5.79 Å². The second-order valence-corrected chi connectivity index (χ2v) is 13.2. The largest absolute Gasteiger partial charge is 0.455 e. The molecular weight excluding hydrogens is 608 g/mol. The summed E-state index contributed by atoms with van der Waals surface area (Å²) < 4.78 is 34.0. The van der Waals surface area contributed by atoms with Crippen LogP contribution in [0.2, 0.25) is 0 Å². The molecule has 0 aromatic carbocycles. The monoisotopic (exact) mass is 664 g/mol. The van der Waals surface area contributed by atoms with Crippen LogP contribution in [0.4, 0.5) is 0 Å². The van der Waals surface area contributed by atoms with E-state index in [4.69, 9.17) is 28.4 Å². The summed E-state index contributed by atoms with van der Waals surface area (Å²) in [6.07, 6.45) is -7.90. The fourth-order valence-electron chi connectivity index (χ4n) is 5.35. The van der Waals surface area contributed by atoms with Crippen LogP contribution in [0.15, 0.2) is 0 Å².